The molecule has 16 heavy (non-hydrogen) atoms. The Morgan fingerprint density at radius 1 is 1.44 bits per heavy atom. The van der Waals surface area contributed by atoms with Gasteiger partial charge in [-0.2, -0.15) is 0 Å². The molecule has 1 rings (SSSR count). The average molecular weight is 219 g/mol. The minimum absolute atomic E-state index is 0.120. The second-order valence-corrected chi connectivity index (χ2v) is 4.68. The van der Waals surface area contributed by atoms with E-state index in [4.69, 9.17) is 0 Å². The molecular weight excluding hydrogens is 202 g/mol. The number of amides is 1. The molecule has 0 unspecified atom stereocenters. The first-order valence-electron chi connectivity index (χ1n) is 5.11. The maximum absolute atomic E-state index is 11.1. The summed E-state index contributed by atoms with van der Waals surface area (Å²) < 4.78 is 0. The molecule has 0 saturated heterocycles. The normalized spacial score (nSPS) is 10.9. The van der Waals surface area contributed by atoms with Crippen LogP contribution >= 0.6 is 0 Å². The summed E-state index contributed by atoms with van der Waals surface area (Å²) in [6.45, 7) is 9.42. The van der Waals surface area contributed by atoms with Gasteiger partial charge in [0, 0.05) is 11.8 Å². The van der Waals surface area contributed by atoms with E-state index >= 15 is 0 Å². The van der Waals surface area contributed by atoms with E-state index < -0.39 is 0 Å². The van der Waals surface area contributed by atoms with Gasteiger partial charge in [-0.15, -0.1) is 0 Å². The Bertz CT molecular complexity index is 416. The van der Waals surface area contributed by atoms with Crippen LogP contribution in [-0.2, 0) is 10.2 Å². The average Bonchev–Trinajstić information content (AvgIpc) is 2.15. The van der Waals surface area contributed by atoms with Crippen molar-refractivity contribution in [2.75, 3.05) is 5.32 Å². The van der Waals surface area contributed by atoms with Gasteiger partial charge in [0.2, 0.25) is 5.91 Å². The molecule has 0 aromatic heterocycles. The Balaban J connectivity index is 3.00. The molecule has 0 saturated carbocycles. The minimum atomic E-state index is -0.289. The molecular formula is C13H17NO2. The lowest BCUT2D eigenvalue weighted by Crippen LogP contribution is -2.12. The van der Waals surface area contributed by atoms with E-state index in [0.29, 0.717) is 5.69 Å². The van der Waals surface area contributed by atoms with Crippen LogP contribution in [0, 0.1) is 0 Å². The van der Waals surface area contributed by atoms with Crippen LogP contribution in [0.15, 0.2) is 30.9 Å². The number of hydrogen-bond donors (Lipinski definition) is 2. The van der Waals surface area contributed by atoms with Crippen LogP contribution in [0.3, 0.4) is 0 Å². The summed E-state index contributed by atoms with van der Waals surface area (Å²) in [6.07, 6.45) is 1.19. The molecule has 0 heterocycles. The lowest BCUT2D eigenvalue weighted by molar-refractivity contribution is -0.111. The molecule has 0 atom stereocenters. The van der Waals surface area contributed by atoms with Crippen molar-refractivity contribution < 1.29 is 9.90 Å². The number of hydrogen-bond acceptors (Lipinski definition) is 2. The van der Waals surface area contributed by atoms with Gasteiger partial charge in [-0.3, -0.25) is 4.79 Å². The Morgan fingerprint density at radius 2 is 2.06 bits per heavy atom. The van der Waals surface area contributed by atoms with Gasteiger partial charge in [-0.1, -0.05) is 33.4 Å². The smallest absolute Gasteiger partial charge is 0.247 e. The van der Waals surface area contributed by atoms with E-state index in [-0.39, 0.29) is 17.1 Å². The van der Waals surface area contributed by atoms with Crippen molar-refractivity contribution in [2.24, 2.45) is 0 Å². The van der Waals surface area contributed by atoms with Gasteiger partial charge in [0.25, 0.3) is 0 Å². The van der Waals surface area contributed by atoms with Crippen molar-refractivity contribution in [3.63, 3.8) is 0 Å². The molecule has 0 spiro atoms. The number of rotatable bonds is 2. The number of nitrogens with one attached hydrogen (secondary N) is 1. The Kier molecular flexibility index (Phi) is 3.38. The first kappa shape index (κ1) is 12.3. The summed E-state index contributed by atoms with van der Waals surface area (Å²) in [5.41, 5.74) is 1.30. The summed E-state index contributed by atoms with van der Waals surface area (Å²) >= 11 is 0. The Hall–Kier alpha value is -1.77. The molecule has 0 aliphatic carbocycles. The van der Waals surface area contributed by atoms with Crippen molar-refractivity contribution in [2.45, 2.75) is 26.2 Å². The van der Waals surface area contributed by atoms with E-state index in [0.717, 1.165) is 5.56 Å². The zero-order valence-electron chi connectivity index (χ0n) is 9.87. The van der Waals surface area contributed by atoms with Crippen LogP contribution in [0.4, 0.5) is 5.69 Å². The highest BCUT2D eigenvalue weighted by Crippen LogP contribution is 2.32. The molecule has 3 heteroatoms. The Labute approximate surface area is 95.8 Å². The highest BCUT2D eigenvalue weighted by Gasteiger charge is 2.17. The van der Waals surface area contributed by atoms with Gasteiger partial charge in [-0.05, 0) is 23.1 Å². The summed E-state index contributed by atoms with van der Waals surface area (Å²) in [5, 5.41) is 12.4. The lowest BCUT2D eigenvalue weighted by atomic mass is 9.86. The molecule has 0 aliphatic heterocycles. The molecule has 1 amide bonds. The third-order valence-corrected chi connectivity index (χ3v) is 2.26. The maximum atomic E-state index is 11.1. The van der Waals surface area contributed by atoms with Gasteiger partial charge in [-0.25, -0.2) is 0 Å². The zero-order chi connectivity index (χ0) is 12.3. The number of benzene rings is 1. The lowest BCUT2D eigenvalue weighted by Gasteiger charge is -2.20. The van der Waals surface area contributed by atoms with E-state index in [1.165, 1.54) is 6.08 Å². The van der Waals surface area contributed by atoms with Gasteiger partial charge >= 0.3 is 0 Å². The number of carbonyl (C=O) groups is 1. The largest absolute Gasteiger partial charge is 0.508 e. The van der Waals surface area contributed by atoms with Gasteiger partial charge < -0.3 is 10.4 Å². The summed E-state index contributed by atoms with van der Waals surface area (Å²) in [4.78, 5) is 11.1. The summed E-state index contributed by atoms with van der Waals surface area (Å²) in [5.74, 6) is -0.0997. The zero-order valence-corrected chi connectivity index (χ0v) is 9.87. The predicted molar refractivity (Wildman–Crippen MR) is 65.6 cm³/mol. The second kappa shape index (κ2) is 4.39. The van der Waals surface area contributed by atoms with E-state index in [2.05, 4.69) is 11.9 Å². The monoisotopic (exact) mass is 219 g/mol. The second-order valence-electron chi connectivity index (χ2n) is 4.68. The molecule has 0 radical (unpaired) electrons. The van der Waals surface area contributed by atoms with Gasteiger partial charge in [0.05, 0.1) is 0 Å². The fourth-order valence-corrected chi connectivity index (χ4v) is 1.44. The van der Waals surface area contributed by atoms with Gasteiger partial charge in [0.15, 0.2) is 0 Å². The van der Waals surface area contributed by atoms with Crippen molar-refractivity contribution in [3.05, 3.63) is 36.4 Å². The van der Waals surface area contributed by atoms with Crippen molar-refractivity contribution >= 4 is 11.6 Å². The predicted octanol–water partition coefficient (Wildman–Crippen LogP) is 2.81. The number of anilines is 1. The third-order valence-electron chi connectivity index (χ3n) is 2.26. The number of carbonyl (C=O) groups excluding carboxylic acids is 1. The Morgan fingerprint density at radius 3 is 2.50 bits per heavy atom. The van der Waals surface area contributed by atoms with E-state index in [1.807, 2.05) is 26.8 Å². The van der Waals surface area contributed by atoms with Crippen LogP contribution in [0.2, 0.25) is 0 Å². The molecule has 3 nitrogen and oxygen atoms in total. The fourth-order valence-electron chi connectivity index (χ4n) is 1.44. The standard InChI is InChI=1S/C13H17NO2/c1-5-12(16)14-9-6-7-10(11(15)8-9)13(2,3)4/h5-8,15H,1H2,2-4H3,(H,14,16). The van der Waals surface area contributed by atoms with Crippen molar-refractivity contribution in [3.8, 4) is 5.75 Å². The van der Waals surface area contributed by atoms with Crippen molar-refractivity contribution in [1.82, 2.24) is 0 Å². The number of aromatic hydroxyl groups is 1. The summed E-state index contributed by atoms with van der Waals surface area (Å²) in [7, 11) is 0. The number of phenolic OH excluding ortho intramolecular Hbond substituents is 1. The summed E-state index contributed by atoms with van der Waals surface area (Å²) in [6, 6.07) is 5.12. The highest BCUT2D eigenvalue weighted by atomic mass is 16.3. The first-order valence-corrected chi connectivity index (χ1v) is 5.11. The quantitative estimate of drug-likeness (QED) is 0.751. The first-order chi connectivity index (χ1) is 7.34. The molecule has 0 aliphatic rings. The van der Waals surface area contributed by atoms with E-state index in [1.54, 1.807) is 12.1 Å². The highest BCUT2D eigenvalue weighted by molar-refractivity contribution is 5.99. The van der Waals surface area contributed by atoms with Crippen LogP contribution < -0.4 is 5.32 Å². The minimum Gasteiger partial charge on any atom is -0.508 e. The molecule has 1 aromatic rings. The van der Waals surface area contributed by atoms with Crippen LogP contribution in [0.1, 0.15) is 26.3 Å². The van der Waals surface area contributed by atoms with Crippen molar-refractivity contribution in [1.29, 1.82) is 0 Å². The number of phenols is 1. The SMILES string of the molecule is C=CC(=O)Nc1ccc(C(C)(C)C)c(O)c1. The maximum Gasteiger partial charge on any atom is 0.247 e. The third kappa shape index (κ3) is 2.86. The molecule has 86 valence electrons. The fraction of sp³-hybridized carbons (Fsp3) is 0.308. The molecule has 0 fully saturated rings. The van der Waals surface area contributed by atoms with E-state index in [9.17, 15) is 9.90 Å². The molecule has 2 N–H and O–H groups in total. The van der Waals surface area contributed by atoms with Crippen LogP contribution in [0.5, 0.6) is 5.75 Å². The van der Waals surface area contributed by atoms with Crippen LogP contribution in [0.25, 0.3) is 0 Å². The van der Waals surface area contributed by atoms with Gasteiger partial charge in [0.1, 0.15) is 5.75 Å². The topological polar surface area (TPSA) is 49.3 Å². The molecule has 0 bridgehead atoms. The molecule has 1 aromatic carbocycles. The van der Waals surface area contributed by atoms with Crippen LogP contribution in [-0.4, -0.2) is 11.0 Å².